The third-order valence-corrected chi connectivity index (χ3v) is 7.00. The van der Waals surface area contributed by atoms with Gasteiger partial charge >= 0.3 is 0 Å². The molecule has 0 bridgehead atoms. The Labute approximate surface area is 170 Å². The van der Waals surface area contributed by atoms with Gasteiger partial charge in [0.1, 0.15) is 0 Å². The van der Waals surface area contributed by atoms with Crippen LogP contribution in [0.2, 0.25) is 0 Å². The molecule has 2 fully saturated rings. The second kappa shape index (κ2) is 8.67. The second-order valence-electron chi connectivity index (χ2n) is 8.72. The minimum absolute atomic E-state index is 0.267. The summed E-state index contributed by atoms with van der Waals surface area (Å²) in [6, 6.07) is 21.4. The Morgan fingerprint density at radius 3 is 2.25 bits per heavy atom. The molecule has 1 N–H and O–H groups in total. The Morgan fingerprint density at radius 1 is 0.929 bits per heavy atom. The fourth-order valence-electron chi connectivity index (χ4n) is 5.28. The van der Waals surface area contributed by atoms with Crippen molar-refractivity contribution in [2.24, 2.45) is 5.92 Å². The Bertz CT molecular complexity index is 727. The van der Waals surface area contributed by atoms with Gasteiger partial charge in [0, 0.05) is 44.3 Å². The zero-order chi connectivity index (χ0) is 19.4. The summed E-state index contributed by atoms with van der Waals surface area (Å²) < 4.78 is 0. The normalized spacial score (nSPS) is 27.5. The summed E-state index contributed by atoms with van der Waals surface area (Å²) >= 11 is 0. The molecule has 3 heteroatoms. The van der Waals surface area contributed by atoms with E-state index in [-0.39, 0.29) is 11.8 Å². The summed E-state index contributed by atoms with van der Waals surface area (Å²) in [5.74, 6) is 0.546. The standard InChI is InChI=1S/C25H34N2O/c1-21(20-26-16-18-27(19-17-26)23-12-6-3-7-13-23)25(28)15-9-8-14-24(25)22-10-4-2-5-11-22/h2-7,10-13,21,24,28H,8-9,14-20H2,1H3. The van der Waals surface area contributed by atoms with Crippen molar-refractivity contribution in [2.45, 2.75) is 44.1 Å². The van der Waals surface area contributed by atoms with Gasteiger partial charge in [-0.3, -0.25) is 4.90 Å². The maximum atomic E-state index is 11.8. The van der Waals surface area contributed by atoms with Crippen molar-refractivity contribution in [2.75, 3.05) is 37.6 Å². The first-order valence-corrected chi connectivity index (χ1v) is 11.0. The SMILES string of the molecule is CC(CN1CCN(c2ccccc2)CC1)C1(O)CCCCC1c1ccccc1. The van der Waals surface area contributed by atoms with Gasteiger partial charge in [-0.05, 0) is 36.5 Å². The molecule has 2 aromatic carbocycles. The molecule has 0 radical (unpaired) electrons. The predicted octanol–water partition coefficient (Wildman–Crippen LogP) is 4.53. The zero-order valence-corrected chi connectivity index (χ0v) is 17.1. The Morgan fingerprint density at radius 2 is 1.57 bits per heavy atom. The fourth-order valence-corrected chi connectivity index (χ4v) is 5.28. The summed E-state index contributed by atoms with van der Waals surface area (Å²) in [6.45, 7) is 7.54. The van der Waals surface area contributed by atoms with Gasteiger partial charge in [0.05, 0.1) is 5.60 Å². The monoisotopic (exact) mass is 378 g/mol. The van der Waals surface area contributed by atoms with Crippen molar-refractivity contribution in [3.8, 4) is 0 Å². The molecule has 1 aliphatic carbocycles. The number of piperazine rings is 1. The van der Waals surface area contributed by atoms with E-state index in [1.807, 2.05) is 0 Å². The van der Waals surface area contributed by atoms with Gasteiger partial charge in [-0.15, -0.1) is 0 Å². The van der Waals surface area contributed by atoms with Crippen molar-refractivity contribution < 1.29 is 5.11 Å². The van der Waals surface area contributed by atoms with E-state index in [0.717, 1.165) is 52.0 Å². The molecule has 28 heavy (non-hydrogen) atoms. The van der Waals surface area contributed by atoms with Gasteiger partial charge in [0.25, 0.3) is 0 Å². The lowest BCUT2D eigenvalue weighted by molar-refractivity contribution is -0.0709. The highest BCUT2D eigenvalue weighted by Crippen LogP contribution is 2.45. The molecule has 1 heterocycles. The van der Waals surface area contributed by atoms with E-state index in [0.29, 0.717) is 0 Å². The predicted molar refractivity (Wildman–Crippen MR) is 117 cm³/mol. The minimum Gasteiger partial charge on any atom is -0.389 e. The Hall–Kier alpha value is -1.84. The van der Waals surface area contributed by atoms with Gasteiger partial charge in [0.2, 0.25) is 0 Å². The molecule has 0 spiro atoms. The van der Waals surface area contributed by atoms with Crippen LogP contribution in [0.5, 0.6) is 0 Å². The molecule has 1 saturated heterocycles. The second-order valence-corrected chi connectivity index (χ2v) is 8.72. The lowest BCUT2D eigenvalue weighted by atomic mass is 9.66. The third kappa shape index (κ3) is 4.11. The fraction of sp³-hybridized carbons (Fsp3) is 0.520. The molecule has 3 unspecified atom stereocenters. The van der Waals surface area contributed by atoms with Crippen molar-refractivity contribution in [1.82, 2.24) is 4.90 Å². The quantitative estimate of drug-likeness (QED) is 0.828. The number of aliphatic hydroxyl groups is 1. The van der Waals surface area contributed by atoms with Crippen LogP contribution in [0, 0.1) is 5.92 Å². The first-order chi connectivity index (χ1) is 13.7. The van der Waals surface area contributed by atoms with E-state index in [2.05, 4.69) is 77.4 Å². The van der Waals surface area contributed by atoms with Gasteiger partial charge in [0.15, 0.2) is 0 Å². The lowest BCUT2D eigenvalue weighted by Gasteiger charge is -2.47. The van der Waals surface area contributed by atoms with Crippen LogP contribution < -0.4 is 4.90 Å². The van der Waals surface area contributed by atoms with Crippen molar-refractivity contribution in [3.63, 3.8) is 0 Å². The highest BCUT2D eigenvalue weighted by atomic mass is 16.3. The van der Waals surface area contributed by atoms with E-state index in [1.165, 1.54) is 17.7 Å². The summed E-state index contributed by atoms with van der Waals surface area (Å²) in [5.41, 5.74) is 2.05. The van der Waals surface area contributed by atoms with E-state index >= 15 is 0 Å². The van der Waals surface area contributed by atoms with Crippen LogP contribution in [0.1, 0.15) is 44.1 Å². The lowest BCUT2D eigenvalue weighted by Crippen LogP contribution is -2.53. The van der Waals surface area contributed by atoms with E-state index < -0.39 is 5.60 Å². The Kier molecular flexibility index (Phi) is 6.03. The van der Waals surface area contributed by atoms with Gasteiger partial charge < -0.3 is 10.0 Å². The number of nitrogens with zero attached hydrogens (tertiary/aromatic N) is 2. The number of rotatable bonds is 5. The van der Waals surface area contributed by atoms with E-state index in [1.54, 1.807) is 0 Å². The van der Waals surface area contributed by atoms with Gasteiger partial charge in [-0.2, -0.15) is 0 Å². The van der Waals surface area contributed by atoms with Crippen LogP contribution in [0.15, 0.2) is 60.7 Å². The van der Waals surface area contributed by atoms with Crippen molar-refractivity contribution in [1.29, 1.82) is 0 Å². The van der Waals surface area contributed by atoms with Crippen molar-refractivity contribution in [3.05, 3.63) is 66.2 Å². The summed E-state index contributed by atoms with van der Waals surface area (Å²) in [6.07, 6.45) is 4.40. The van der Waals surface area contributed by atoms with Gasteiger partial charge in [-0.1, -0.05) is 68.3 Å². The van der Waals surface area contributed by atoms with Crippen LogP contribution in [0.25, 0.3) is 0 Å². The molecular weight excluding hydrogens is 344 g/mol. The topological polar surface area (TPSA) is 26.7 Å². The zero-order valence-electron chi connectivity index (χ0n) is 17.1. The van der Waals surface area contributed by atoms with Crippen molar-refractivity contribution >= 4 is 5.69 Å². The van der Waals surface area contributed by atoms with Gasteiger partial charge in [-0.25, -0.2) is 0 Å². The molecule has 0 aromatic heterocycles. The first kappa shape index (κ1) is 19.5. The van der Waals surface area contributed by atoms with Crippen LogP contribution in [-0.2, 0) is 0 Å². The minimum atomic E-state index is -0.587. The van der Waals surface area contributed by atoms with Crippen LogP contribution in [0.4, 0.5) is 5.69 Å². The smallest absolute Gasteiger partial charge is 0.0753 e. The first-order valence-electron chi connectivity index (χ1n) is 11.0. The molecule has 3 nitrogen and oxygen atoms in total. The number of para-hydroxylation sites is 1. The van der Waals surface area contributed by atoms with Crippen LogP contribution in [-0.4, -0.2) is 48.3 Å². The van der Waals surface area contributed by atoms with Crippen LogP contribution >= 0.6 is 0 Å². The number of hydrogen-bond donors (Lipinski definition) is 1. The largest absolute Gasteiger partial charge is 0.389 e. The summed E-state index contributed by atoms with van der Waals surface area (Å²) in [5, 5.41) is 11.8. The molecule has 1 aliphatic heterocycles. The molecule has 0 amide bonds. The average molecular weight is 379 g/mol. The highest BCUT2D eigenvalue weighted by molar-refractivity contribution is 5.46. The maximum Gasteiger partial charge on any atom is 0.0753 e. The third-order valence-electron chi connectivity index (χ3n) is 7.00. The molecule has 4 rings (SSSR count). The number of benzene rings is 2. The molecule has 2 aliphatic rings. The Balaban J connectivity index is 1.39. The molecule has 2 aromatic rings. The van der Waals surface area contributed by atoms with Crippen LogP contribution in [0.3, 0.4) is 0 Å². The molecule has 150 valence electrons. The number of anilines is 1. The maximum absolute atomic E-state index is 11.8. The molecular formula is C25H34N2O. The van der Waals surface area contributed by atoms with E-state index in [9.17, 15) is 5.11 Å². The molecule has 1 saturated carbocycles. The molecule has 3 atom stereocenters. The average Bonchev–Trinajstić information content (AvgIpc) is 2.76. The van der Waals surface area contributed by atoms with E-state index in [4.69, 9.17) is 0 Å². The highest BCUT2D eigenvalue weighted by Gasteiger charge is 2.44. The summed E-state index contributed by atoms with van der Waals surface area (Å²) in [7, 11) is 0. The number of hydrogen-bond acceptors (Lipinski definition) is 3. The summed E-state index contributed by atoms with van der Waals surface area (Å²) in [4.78, 5) is 5.03.